The van der Waals surface area contributed by atoms with E-state index >= 15 is 0 Å². The highest BCUT2D eigenvalue weighted by molar-refractivity contribution is 7.90. The van der Waals surface area contributed by atoms with Gasteiger partial charge in [-0.3, -0.25) is 4.79 Å². The molecule has 0 saturated heterocycles. The highest BCUT2D eigenvalue weighted by Crippen LogP contribution is 2.26. The Hall–Kier alpha value is -0.890. The molecule has 1 amide bonds. The zero-order valence-corrected chi connectivity index (χ0v) is 11.6. The molecule has 1 rings (SSSR count). The third-order valence-electron chi connectivity index (χ3n) is 2.87. The van der Waals surface area contributed by atoms with Gasteiger partial charge in [-0.15, -0.1) is 0 Å². The minimum atomic E-state index is -3.32. The molecule has 6 nitrogen and oxygen atoms in total. The second-order valence-electron chi connectivity index (χ2n) is 4.57. The van der Waals surface area contributed by atoms with E-state index < -0.39 is 21.6 Å². The SMILES string of the molecule is CS(=O)(=O)CC(C=O)NC(=O)C1CCC([S+]=O)C1. The highest BCUT2D eigenvalue weighted by atomic mass is 32.2. The van der Waals surface area contributed by atoms with E-state index in [9.17, 15) is 22.2 Å². The molecule has 0 aromatic rings. The van der Waals surface area contributed by atoms with E-state index in [1.54, 1.807) is 0 Å². The molecular weight excluding hydrogens is 278 g/mol. The number of rotatable bonds is 6. The highest BCUT2D eigenvalue weighted by Gasteiger charge is 2.38. The summed E-state index contributed by atoms with van der Waals surface area (Å²) in [7, 11) is -3.32. The van der Waals surface area contributed by atoms with Gasteiger partial charge in [-0.1, -0.05) is 0 Å². The van der Waals surface area contributed by atoms with Crippen LogP contribution in [0, 0.1) is 5.92 Å². The summed E-state index contributed by atoms with van der Waals surface area (Å²) in [5.74, 6) is -1.03. The first-order chi connectivity index (χ1) is 8.35. The number of hydrogen-bond acceptors (Lipinski definition) is 5. The van der Waals surface area contributed by atoms with Crippen LogP contribution in [0.3, 0.4) is 0 Å². The van der Waals surface area contributed by atoms with Crippen molar-refractivity contribution in [3.63, 3.8) is 0 Å². The van der Waals surface area contributed by atoms with E-state index in [0.717, 1.165) is 6.26 Å². The van der Waals surface area contributed by atoms with Crippen LogP contribution in [0.1, 0.15) is 19.3 Å². The van der Waals surface area contributed by atoms with Crippen LogP contribution in [0.2, 0.25) is 0 Å². The molecule has 1 aliphatic rings. The maximum atomic E-state index is 11.8. The van der Waals surface area contributed by atoms with Gasteiger partial charge in [0.2, 0.25) is 11.2 Å². The molecule has 0 aromatic heterocycles. The Morgan fingerprint density at radius 1 is 1.50 bits per heavy atom. The van der Waals surface area contributed by atoms with E-state index in [0.29, 0.717) is 37.2 Å². The second-order valence-corrected chi connectivity index (χ2v) is 7.62. The topological polar surface area (TPSA) is 97.4 Å². The molecule has 0 heterocycles. The second kappa shape index (κ2) is 6.33. The Bertz CT molecular complexity index is 434. The van der Waals surface area contributed by atoms with Crippen molar-refractivity contribution in [2.75, 3.05) is 12.0 Å². The van der Waals surface area contributed by atoms with Crippen molar-refractivity contribution in [3.8, 4) is 0 Å². The normalized spacial score (nSPS) is 25.4. The van der Waals surface area contributed by atoms with Gasteiger partial charge in [0.15, 0.2) is 0 Å². The summed E-state index contributed by atoms with van der Waals surface area (Å²) in [6.07, 6.45) is 3.22. The van der Waals surface area contributed by atoms with E-state index in [1.807, 2.05) is 0 Å². The quantitative estimate of drug-likeness (QED) is 0.516. The Labute approximate surface area is 110 Å². The number of carbonyl (C=O) groups is 2. The Kier molecular flexibility index (Phi) is 5.33. The Balaban J connectivity index is 2.53. The molecule has 1 aliphatic carbocycles. The summed E-state index contributed by atoms with van der Waals surface area (Å²) < 4.78 is 32.7. The van der Waals surface area contributed by atoms with Gasteiger partial charge in [0.05, 0.1) is 11.8 Å². The number of nitrogens with one attached hydrogen (secondary N) is 1. The summed E-state index contributed by atoms with van der Waals surface area (Å²) in [5, 5.41) is 2.35. The molecule has 0 radical (unpaired) electrons. The van der Waals surface area contributed by atoms with E-state index in [4.69, 9.17) is 0 Å². The fourth-order valence-electron chi connectivity index (χ4n) is 2.01. The van der Waals surface area contributed by atoms with Crippen LogP contribution in [0.4, 0.5) is 0 Å². The number of aldehydes is 1. The Morgan fingerprint density at radius 2 is 2.17 bits per heavy atom. The largest absolute Gasteiger partial charge is 0.462 e. The van der Waals surface area contributed by atoms with Gasteiger partial charge in [0.1, 0.15) is 16.1 Å². The van der Waals surface area contributed by atoms with Crippen LogP contribution < -0.4 is 5.32 Å². The molecule has 0 spiro atoms. The number of hydrogen-bond donors (Lipinski definition) is 1. The lowest BCUT2D eigenvalue weighted by Gasteiger charge is -2.14. The van der Waals surface area contributed by atoms with Crippen LogP contribution in [-0.2, 0) is 35.3 Å². The maximum absolute atomic E-state index is 11.8. The molecule has 18 heavy (non-hydrogen) atoms. The zero-order chi connectivity index (χ0) is 13.8. The van der Waals surface area contributed by atoms with Crippen molar-refractivity contribution >= 4 is 33.7 Å². The number of carbonyl (C=O) groups excluding carboxylic acids is 2. The van der Waals surface area contributed by atoms with Crippen LogP contribution in [0.5, 0.6) is 0 Å². The van der Waals surface area contributed by atoms with E-state index in [-0.39, 0.29) is 17.1 Å². The average Bonchev–Trinajstić information content (AvgIpc) is 2.74. The molecule has 0 aromatic carbocycles. The molecule has 3 unspecified atom stereocenters. The van der Waals surface area contributed by atoms with Crippen LogP contribution >= 0.6 is 0 Å². The predicted octanol–water partition coefficient (Wildman–Crippen LogP) is -0.688. The van der Waals surface area contributed by atoms with Crippen molar-refractivity contribution in [2.24, 2.45) is 5.92 Å². The van der Waals surface area contributed by atoms with Gasteiger partial charge in [0.25, 0.3) is 0 Å². The standard InChI is InChI=1S/C10H15NO5S2/c1-18(15,16)6-8(5-12)11-10(13)7-2-3-9(4-7)17-14/h5,7-9H,2-4,6H2,1H3/p+1. The third-order valence-corrected chi connectivity index (χ3v) is 4.53. The molecule has 8 heteroatoms. The minimum Gasteiger partial charge on any atom is -0.345 e. The molecule has 3 atom stereocenters. The van der Waals surface area contributed by atoms with Crippen molar-refractivity contribution in [3.05, 3.63) is 0 Å². The first-order valence-corrected chi connectivity index (χ1v) is 8.44. The van der Waals surface area contributed by atoms with Gasteiger partial charge >= 0.3 is 11.7 Å². The van der Waals surface area contributed by atoms with Gasteiger partial charge in [0, 0.05) is 29.2 Å². The summed E-state index contributed by atoms with van der Waals surface area (Å²) in [6, 6.07) is -1.01. The van der Waals surface area contributed by atoms with Crippen molar-refractivity contribution in [1.82, 2.24) is 5.32 Å². The maximum Gasteiger partial charge on any atom is 0.462 e. The number of sulfone groups is 1. The number of amides is 1. The first kappa shape index (κ1) is 15.2. The molecular formula is C10H16NO5S2+. The third kappa shape index (κ3) is 4.77. The first-order valence-electron chi connectivity index (χ1n) is 5.57. The lowest BCUT2D eigenvalue weighted by molar-refractivity contribution is -0.127. The summed E-state index contributed by atoms with van der Waals surface area (Å²) in [5.41, 5.74) is 0. The summed E-state index contributed by atoms with van der Waals surface area (Å²) >= 11 is 0.493. The molecule has 1 fully saturated rings. The van der Waals surface area contributed by atoms with E-state index in [1.165, 1.54) is 0 Å². The molecule has 0 bridgehead atoms. The Morgan fingerprint density at radius 3 is 2.61 bits per heavy atom. The predicted molar refractivity (Wildman–Crippen MR) is 66.9 cm³/mol. The minimum absolute atomic E-state index is 0.0645. The average molecular weight is 294 g/mol. The lowest BCUT2D eigenvalue weighted by atomic mass is 10.1. The monoisotopic (exact) mass is 294 g/mol. The summed E-state index contributed by atoms with van der Waals surface area (Å²) in [4.78, 5) is 22.5. The van der Waals surface area contributed by atoms with Gasteiger partial charge < -0.3 is 10.1 Å². The summed E-state index contributed by atoms with van der Waals surface area (Å²) in [6.45, 7) is 0. The lowest BCUT2D eigenvalue weighted by Crippen LogP contribution is -2.43. The molecule has 0 aliphatic heterocycles. The van der Waals surface area contributed by atoms with Gasteiger partial charge in [-0.2, -0.15) is 0 Å². The van der Waals surface area contributed by atoms with Gasteiger partial charge in [-0.05, 0) is 6.42 Å². The van der Waals surface area contributed by atoms with Gasteiger partial charge in [-0.25, -0.2) is 8.42 Å². The molecule has 102 valence electrons. The van der Waals surface area contributed by atoms with Crippen molar-refractivity contribution in [2.45, 2.75) is 30.6 Å². The van der Waals surface area contributed by atoms with Crippen LogP contribution in [0.15, 0.2) is 0 Å². The fourth-order valence-corrected chi connectivity index (χ4v) is 3.36. The van der Waals surface area contributed by atoms with Crippen LogP contribution in [-0.4, -0.2) is 43.9 Å². The smallest absolute Gasteiger partial charge is 0.345 e. The van der Waals surface area contributed by atoms with Crippen LogP contribution in [0.25, 0.3) is 0 Å². The zero-order valence-electron chi connectivity index (χ0n) is 10.00. The molecule has 1 saturated carbocycles. The van der Waals surface area contributed by atoms with Crippen molar-refractivity contribution < 1.29 is 22.2 Å². The molecule has 1 N–H and O–H groups in total. The van der Waals surface area contributed by atoms with Crippen molar-refractivity contribution in [1.29, 1.82) is 0 Å². The fraction of sp³-hybridized carbons (Fsp3) is 0.800. The van der Waals surface area contributed by atoms with E-state index in [2.05, 4.69) is 5.32 Å².